The maximum Gasteiger partial charge on any atom is 0.256 e. The van der Waals surface area contributed by atoms with Crippen LogP contribution in [0.2, 0.25) is 0 Å². The lowest BCUT2D eigenvalue weighted by Gasteiger charge is -2.33. The number of piperidine rings is 1. The van der Waals surface area contributed by atoms with Crippen LogP contribution in [0.15, 0.2) is 59.4 Å². The van der Waals surface area contributed by atoms with Crippen LogP contribution in [0.5, 0.6) is 0 Å². The molecule has 27 heavy (non-hydrogen) atoms. The summed E-state index contributed by atoms with van der Waals surface area (Å²) in [7, 11) is 0. The minimum atomic E-state index is -0.260. The van der Waals surface area contributed by atoms with Crippen LogP contribution in [0, 0.1) is 5.82 Å². The molecule has 138 valence electrons. The van der Waals surface area contributed by atoms with Gasteiger partial charge in [-0.1, -0.05) is 12.1 Å². The summed E-state index contributed by atoms with van der Waals surface area (Å²) in [6, 6.07) is 9.69. The van der Waals surface area contributed by atoms with Crippen LogP contribution >= 0.6 is 0 Å². The van der Waals surface area contributed by atoms with Crippen LogP contribution < -0.4 is 0 Å². The van der Waals surface area contributed by atoms with E-state index in [1.165, 1.54) is 12.1 Å². The zero-order chi connectivity index (χ0) is 18.6. The second kappa shape index (κ2) is 7.70. The molecule has 1 aliphatic heterocycles. The number of rotatable bonds is 4. The molecule has 0 aliphatic carbocycles. The van der Waals surface area contributed by atoms with Crippen molar-refractivity contribution in [3.8, 4) is 0 Å². The van der Waals surface area contributed by atoms with E-state index in [4.69, 9.17) is 4.42 Å². The maximum atomic E-state index is 13.1. The van der Waals surface area contributed by atoms with Crippen LogP contribution in [0.25, 0.3) is 0 Å². The van der Waals surface area contributed by atoms with Gasteiger partial charge in [0.2, 0.25) is 5.89 Å². The van der Waals surface area contributed by atoms with Crippen molar-refractivity contribution in [1.82, 2.24) is 14.9 Å². The number of carbonyl (C=O) groups excluding carboxylic acids is 1. The molecular weight excluding hydrogens is 345 g/mol. The fourth-order valence-corrected chi connectivity index (χ4v) is 3.45. The molecule has 1 amide bonds. The van der Waals surface area contributed by atoms with Gasteiger partial charge < -0.3 is 9.32 Å². The van der Waals surface area contributed by atoms with E-state index in [0.29, 0.717) is 30.2 Å². The van der Waals surface area contributed by atoms with Crippen molar-refractivity contribution in [1.29, 1.82) is 0 Å². The lowest BCUT2D eigenvalue weighted by molar-refractivity contribution is 0.0569. The minimum Gasteiger partial charge on any atom is -0.443 e. The van der Waals surface area contributed by atoms with E-state index in [-0.39, 0.29) is 17.8 Å². The largest absolute Gasteiger partial charge is 0.443 e. The van der Waals surface area contributed by atoms with Crippen LogP contribution in [0.1, 0.15) is 52.9 Å². The highest BCUT2D eigenvalue weighted by atomic mass is 19.1. The number of likely N-dealkylation sites (tertiary alicyclic amines) is 1. The number of benzene rings is 1. The SMILES string of the molecule is O=C(c1cccnc1)N1CCCCC1c1ncc(Cc2ccc(F)cc2)o1. The lowest BCUT2D eigenvalue weighted by atomic mass is 10.0. The Morgan fingerprint density at radius 3 is 2.81 bits per heavy atom. The van der Waals surface area contributed by atoms with Gasteiger partial charge in [0, 0.05) is 25.4 Å². The highest BCUT2D eigenvalue weighted by Gasteiger charge is 2.32. The van der Waals surface area contributed by atoms with E-state index in [1.807, 2.05) is 4.90 Å². The van der Waals surface area contributed by atoms with Gasteiger partial charge in [0.15, 0.2) is 0 Å². The quantitative estimate of drug-likeness (QED) is 0.696. The molecule has 3 aromatic rings. The molecule has 0 saturated carbocycles. The van der Waals surface area contributed by atoms with Gasteiger partial charge in [0.25, 0.3) is 5.91 Å². The van der Waals surface area contributed by atoms with Gasteiger partial charge in [0.1, 0.15) is 17.6 Å². The fraction of sp³-hybridized carbons (Fsp3) is 0.286. The molecule has 0 radical (unpaired) electrons. The average molecular weight is 365 g/mol. The van der Waals surface area contributed by atoms with E-state index in [9.17, 15) is 9.18 Å². The molecule has 1 fully saturated rings. The van der Waals surface area contributed by atoms with Gasteiger partial charge >= 0.3 is 0 Å². The zero-order valence-electron chi connectivity index (χ0n) is 14.8. The average Bonchev–Trinajstić information content (AvgIpc) is 3.18. The van der Waals surface area contributed by atoms with Crippen molar-refractivity contribution in [2.75, 3.05) is 6.54 Å². The summed E-state index contributed by atoms with van der Waals surface area (Å²) in [5.74, 6) is 0.954. The standard InChI is InChI=1S/C21H20FN3O2/c22-17-8-6-15(7-9-17)12-18-14-24-20(27-18)19-5-1-2-11-25(19)21(26)16-4-3-10-23-13-16/h3-4,6-10,13-14,19H,1-2,5,11-12H2. The summed E-state index contributed by atoms with van der Waals surface area (Å²) >= 11 is 0. The first kappa shape index (κ1) is 17.4. The number of aromatic nitrogens is 2. The first-order valence-electron chi connectivity index (χ1n) is 9.11. The zero-order valence-corrected chi connectivity index (χ0v) is 14.8. The Morgan fingerprint density at radius 2 is 2.04 bits per heavy atom. The monoisotopic (exact) mass is 365 g/mol. The van der Waals surface area contributed by atoms with Crippen molar-refractivity contribution in [3.63, 3.8) is 0 Å². The second-order valence-electron chi connectivity index (χ2n) is 6.72. The Hall–Kier alpha value is -3.02. The predicted octanol–water partition coefficient (Wildman–Crippen LogP) is 4.17. The number of carbonyl (C=O) groups is 1. The maximum absolute atomic E-state index is 13.1. The molecule has 0 N–H and O–H groups in total. The summed E-state index contributed by atoms with van der Waals surface area (Å²) in [6.07, 6.45) is 8.28. The van der Waals surface area contributed by atoms with Gasteiger partial charge in [-0.05, 0) is 49.1 Å². The molecule has 6 heteroatoms. The number of nitrogens with zero attached hydrogens (tertiary/aromatic N) is 3. The predicted molar refractivity (Wildman–Crippen MR) is 97.6 cm³/mol. The molecule has 4 rings (SSSR count). The molecule has 5 nitrogen and oxygen atoms in total. The molecule has 0 bridgehead atoms. The van der Waals surface area contributed by atoms with Crippen LogP contribution in [-0.4, -0.2) is 27.3 Å². The van der Waals surface area contributed by atoms with Gasteiger partial charge in [-0.3, -0.25) is 9.78 Å². The number of amides is 1. The third-order valence-corrected chi connectivity index (χ3v) is 4.82. The number of pyridine rings is 1. The molecule has 0 spiro atoms. The molecule has 1 aromatic carbocycles. The lowest BCUT2D eigenvalue weighted by Crippen LogP contribution is -2.38. The second-order valence-corrected chi connectivity index (χ2v) is 6.72. The van der Waals surface area contributed by atoms with Gasteiger partial charge in [0.05, 0.1) is 11.8 Å². The number of hydrogen-bond acceptors (Lipinski definition) is 4. The van der Waals surface area contributed by atoms with E-state index in [0.717, 1.165) is 24.8 Å². The van der Waals surface area contributed by atoms with Gasteiger partial charge in [-0.25, -0.2) is 9.37 Å². The number of hydrogen-bond donors (Lipinski definition) is 0. The summed E-state index contributed by atoms with van der Waals surface area (Å²) in [5.41, 5.74) is 1.52. The Kier molecular flexibility index (Phi) is 4.96. The van der Waals surface area contributed by atoms with Crippen molar-refractivity contribution in [3.05, 3.63) is 83.6 Å². The molecule has 3 heterocycles. The van der Waals surface area contributed by atoms with Gasteiger partial charge in [-0.2, -0.15) is 0 Å². The smallest absolute Gasteiger partial charge is 0.256 e. The first-order chi connectivity index (χ1) is 13.2. The summed E-state index contributed by atoms with van der Waals surface area (Å²) in [4.78, 5) is 23.2. The number of halogens is 1. The molecule has 1 atom stereocenters. The highest BCUT2D eigenvalue weighted by molar-refractivity contribution is 5.94. The number of oxazole rings is 1. The molecule has 1 unspecified atom stereocenters. The summed E-state index contributed by atoms with van der Waals surface area (Å²) < 4.78 is 19.0. The van der Waals surface area contributed by atoms with E-state index in [1.54, 1.807) is 42.9 Å². The van der Waals surface area contributed by atoms with Crippen molar-refractivity contribution >= 4 is 5.91 Å². The Balaban J connectivity index is 1.53. The van der Waals surface area contributed by atoms with Crippen LogP contribution in [-0.2, 0) is 6.42 Å². The third kappa shape index (κ3) is 3.89. The minimum absolute atomic E-state index is 0.0499. The van der Waals surface area contributed by atoms with E-state index in [2.05, 4.69) is 9.97 Å². The van der Waals surface area contributed by atoms with Gasteiger partial charge in [-0.15, -0.1) is 0 Å². The van der Waals surface area contributed by atoms with Crippen LogP contribution in [0.4, 0.5) is 4.39 Å². The van der Waals surface area contributed by atoms with E-state index >= 15 is 0 Å². The van der Waals surface area contributed by atoms with Crippen molar-refractivity contribution < 1.29 is 13.6 Å². The third-order valence-electron chi connectivity index (χ3n) is 4.82. The van der Waals surface area contributed by atoms with Crippen LogP contribution in [0.3, 0.4) is 0 Å². The summed E-state index contributed by atoms with van der Waals surface area (Å²) in [5, 5.41) is 0. The topological polar surface area (TPSA) is 59.2 Å². The molecule has 2 aromatic heterocycles. The Bertz CT molecular complexity index is 909. The van der Waals surface area contributed by atoms with Crippen molar-refractivity contribution in [2.45, 2.75) is 31.7 Å². The fourth-order valence-electron chi connectivity index (χ4n) is 3.45. The normalized spacial score (nSPS) is 17.1. The summed E-state index contributed by atoms with van der Waals surface area (Å²) in [6.45, 7) is 0.675. The first-order valence-corrected chi connectivity index (χ1v) is 9.11. The van der Waals surface area contributed by atoms with Crippen molar-refractivity contribution in [2.24, 2.45) is 0 Å². The molecule has 1 saturated heterocycles. The Morgan fingerprint density at radius 1 is 1.19 bits per heavy atom. The molecular formula is C21H20FN3O2. The highest BCUT2D eigenvalue weighted by Crippen LogP contribution is 2.32. The molecule has 1 aliphatic rings. The Labute approximate surface area is 156 Å². The van der Waals surface area contributed by atoms with E-state index < -0.39 is 0 Å².